The van der Waals surface area contributed by atoms with Crippen LogP contribution in [0.4, 0.5) is 0 Å². The summed E-state index contributed by atoms with van der Waals surface area (Å²) in [7, 11) is 3.57. The van der Waals surface area contributed by atoms with Crippen LogP contribution in [-0.2, 0) is 5.41 Å². The number of methoxy groups -OCH3 is 1. The molecule has 4 nitrogen and oxygen atoms in total. The third kappa shape index (κ3) is 4.99. The number of ether oxygens (including phenoxy) is 1. The number of guanidine groups is 1. The quantitative estimate of drug-likeness (QED) is 0.412. The van der Waals surface area contributed by atoms with Crippen molar-refractivity contribution in [3.05, 3.63) is 29.8 Å². The van der Waals surface area contributed by atoms with Crippen LogP contribution in [-0.4, -0.2) is 32.7 Å². The fraction of sp³-hybridized carbons (Fsp3) is 0.611. The highest BCUT2D eigenvalue weighted by molar-refractivity contribution is 14.0. The molecular weight excluding hydrogens is 401 g/mol. The number of nitrogens with one attached hydrogen (secondary N) is 2. The number of halogens is 1. The third-order valence-corrected chi connectivity index (χ3v) is 4.71. The molecule has 0 saturated heterocycles. The number of hydrogen-bond acceptors (Lipinski definition) is 2. The monoisotopic (exact) mass is 431 g/mol. The van der Waals surface area contributed by atoms with Crippen LogP contribution in [0.3, 0.4) is 0 Å². The molecule has 2 rings (SSSR count). The number of nitrogens with zero attached hydrogens (tertiary/aromatic N) is 1. The van der Waals surface area contributed by atoms with E-state index in [1.165, 1.54) is 18.4 Å². The van der Waals surface area contributed by atoms with Gasteiger partial charge in [-0.1, -0.05) is 32.0 Å². The summed E-state index contributed by atoms with van der Waals surface area (Å²) in [6, 6.07) is 8.74. The Morgan fingerprint density at radius 3 is 2.43 bits per heavy atom. The molecule has 0 spiro atoms. The fourth-order valence-corrected chi connectivity index (χ4v) is 2.60. The maximum atomic E-state index is 5.53. The fourth-order valence-electron chi connectivity index (χ4n) is 2.60. The van der Waals surface area contributed by atoms with E-state index in [2.05, 4.69) is 48.5 Å². The molecule has 5 heteroatoms. The largest absolute Gasteiger partial charge is 0.496 e. The molecule has 1 atom stereocenters. The van der Waals surface area contributed by atoms with E-state index in [0.29, 0.717) is 12.0 Å². The minimum absolute atomic E-state index is 0. The molecule has 0 aromatic heterocycles. The minimum atomic E-state index is 0. The second-order valence-corrected chi connectivity index (χ2v) is 6.58. The van der Waals surface area contributed by atoms with Gasteiger partial charge in [0.2, 0.25) is 0 Å². The Morgan fingerprint density at radius 1 is 1.26 bits per heavy atom. The van der Waals surface area contributed by atoms with Crippen molar-refractivity contribution in [1.82, 2.24) is 10.6 Å². The summed E-state index contributed by atoms with van der Waals surface area (Å²) in [6.07, 6.45) is 2.38. The first kappa shape index (κ1) is 20.1. The van der Waals surface area contributed by atoms with Gasteiger partial charge in [-0.25, -0.2) is 0 Å². The van der Waals surface area contributed by atoms with Crippen molar-refractivity contribution >= 4 is 29.9 Å². The van der Waals surface area contributed by atoms with Gasteiger partial charge in [0.05, 0.1) is 7.11 Å². The van der Waals surface area contributed by atoms with Crippen LogP contribution in [0.5, 0.6) is 5.75 Å². The summed E-state index contributed by atoms with van der Waals surface area (Å²) in [6.45, 7) is 7.49. The van der Waals surface area contributed by atoms with Gasteiger partial charge in [0.15, 0.2) is 5.96 Å². The second kappa shape index (κ2) is 8.76. The van der Waals surface area contributed by atoms with Gasteiger partial charge in [-0.3, -0.25) is 4.99 Å². The van der Waals surface area contributed by atoms with E-state index in [4.69, 9.17) is 4.74 Å². The third-order valence-electron chi connectivity index (χ3n) is 4.71. The summed E-state index contributed by atoms with van der Waals surface area (Å²) in [5.74, 6) is 2.44. The van der Waals surface area contributed by atoms with Gasteiger partial charge in [0.1, 0.15) is 5.75 Å². The smallest absolute Gasteiger partial charge is 0.191 e. The number of hydrogen-bond donors (Lipinski definition) is 2. The Bertz CT molecular complexity index is 527. The van der Waals surface area contributed by atoms with Crippen LogP contribution in [0.15, 0.2) is 29.3 Å². The van der Waals surface area contributed by atoms with E-state index >= 15 is 0 Å². The molecule has 0 aliphatic heterocycles. The highest BCUT2D eigenvalue weighted by Crippen LogP contribution is 2.50. The topological polar surface area (TPSA) is 45.7 Å². The Hall–Kier alpha value is -0.980. The lowest BCUT2D eigenvalue weighted by Crippen LogP contribution is -2.46. The van der Waals surface area contributed by atoms with Crippen molar-refractivity contribution in [3.63, 3.8) is 0 Å². The standard InChI is InChI=1S/C18H29N3O.HI/c1-13(2)14(3)21-17(19-4)20-12-18(10-11-18)15-8-6-7-9-16(15)22-5;/h6-9,13-14H,10-12H2,1-5H3,(H2,19,20,21);1H. The summed E-state index contributed by atoms with van der Waals surface area (Å²) in [5.41, 5.74) is 1.49. The molecule has 1 aliphatic rings. The molecule has 1 saturated carbocycles. The molecule has 0 bridgehead atoms. The molecule has 1 aliphatic carbocycles. The lowest BCUT2D eigenvalue weighted by molar-refractivity contribution is 0.403. The number of benzene rings is 1. The van der Waals surface area contributed by atoms with E-state index in [-0.39, 0.29) is 29.4 Å². The van der Waals surface area contributed by atoms with Gasteiger partial charge < -0.3 is 15.4 Å². The van der Waals surface area contributed by atoms with Crippen molar-refractivity contribution in [1.29, 1.82) is 0 Å². The minimum Gasteiger partial charge on any atom is -0.496 e. The molecule has 1 unspecified atom stereocenters. The number of rotatable bonds is 6. The van der Waals surface area contributed by atoms with Gasteiger partial charge >= 0.3 is 0 Å². The zero-order chi connectivity index (χ0) is 16.2. The first-order valence-electron chi connectivity index (χ1n) is 8.13. The Balaban J connectivity index is 0.00000264. The van der Waals surface area contributed by atoms with Crippen LogP contribution in [0.25, 0.3) is 0 Å². The van der Waals surface area contributed by atoms with Crippen molar-refractivity contribution in [2.24, 2.45) is 10.9 Å². The van der Waals surface area contributed by atoms with Crippen LogP contribution in [0.2, 0.25) is 0 Å². The van der Waals surface area contributed by atoms with Crippen LogP contribution in [0, 0.1) is 5.92 Å². The van der Waals surface area contributed by atoms with Gasteiger partial charge in [0, 0.05) is 30.6 Å². The predicted octanol–water partition coefficient (Wildman–Crippen LogP) is 3.55. The Morgan fingerprint density at radius 2 is 1.91 bits per heavy atom. The highest BCUT2D eigenvalue weighted by Gasteiger charge is 2.46. The van der Waals surface area contributed by atoms with Crippen molar-refractivity contribution < 1.29 is 4.74 Å². The molecule has 2 N–H and O–H groups in total. The normalized spacial score (nSPS) is 17.2. The predicted molar refractivity (Wildman–Crippen MR) is 108 cm³/mol. The number of para-hydroxylation sites is 1. The number of aliphatic imine (C=N–C) groups is 1. The summed E-state index contributed by atoms with van der Waals surface area (Å²) in [4.78, 5) is 4.34. The van der Waals surface area contributed by atoms with Gasteiger partial charge in [-0.2, -0.15) is 0 Å². The molecule has 130 valence electrons. The van der Waals surface area contributed by atoms with E-state index in [0.717, 1.165) is 18.3 Å². The molecule has 1 fully saturated rings. The molecule has 1 aromatic carbocycles. The van der Waals surface area contributed by atoms with E-state index in [1.807, 2.05) is 19.2 Å². The van der Waals surface area contributed by atoms with Crippen LogP contribution in [0.1, 0.15) is 39.2 Å². The van der Waals surface area contributed by atoms with Gasteiger partial charge in [-0.05, 0) is 31.7 Å². The van der Waals surface area contributed by atoms with Crippen molar-refractivity contribution in [3.8, 4) is 5.75 Å². The zero-order valence-corrected chi connectivity index (χ0v) is 17.2. The van der Waals surface area contributed by atoms with E-state index < -0.39 is 0 Å². The SMILES string of the molecule is CN=C(NCC1(c2ccccc2OC)CC1)NC(C)C(C)C.I. The molecule has 0 amide bonds. The van der Waals surface area contributed by atoms with Crippen molar-refractivity contribution in [2.45, 2.75) is 45.1 Å². The van der Waals surface area contributed by atoms with E-state index in [1.54, 1.807) is 7.11 Å². The molecule has 1 aromatic rings. The second-order valence-electron chi connectivity index (χ2n) is 6.58. The maximum Gasteiger partial charge on any atom is 0.191 e. The molecule has 0 heterocycles. The van der Waals surface area contributed by atoms with E-state index in [9.17, 15) is 0 Å². The Kier molecular flexibility index (Phi) is 7.64. The average Bonchev–Trinajstić information content (AvgIpc) is 3.32. The summed E-state index contributed by atoms with van der Waals surface area (Å²) >= 11 is 0. The molecule has 0 radical (unpaired) electrons. The molecule has 23 heavy (non-hydrogen) atoms. The van der Waals surface area contributed by atoms with Gasteiger partial charge in [0.25, 0.3) is 0 Å². The average molecular weight is 431 g/mol. The lowest BCUT2D eigenvalue weighted by Gasteiger charge is -2.24. The first-order valence-corrected chi connectivity index (χ1v) is 8.13. The highest BCUT2D eigenvalue weighted by atomic mass is 127. The van der Waals surface area contributed by atoms with Gasteiger partial charge in [-0.15, -0.1) is 24.0 Å². The summed E-state index contributed by atoms with van der Waals surface area (Å²) < 4.78 is 5.53. The molecular formula is C18H30IN3O. The van der Waals surface area contributed by atoms with Crippen LogP contribution < -0.4 is 15.4 Å². The Labute approximate surface area is 157 Å². The van der Waals surface area contributed by atoms with Crippen LogP contribution >= 0.6 is 24.0 Å². The lowest BCUT2D eigenvalue weighted by atomic mass is 9.95. The summed E-state index contributed by atoms with van der Waals surface area (Å²) in [5, 5.41) is 6.95. The van der Waals surface area contributed by atoms with Crippen molar-refractivity contribution in [2.75, 3.05) is 20.7 Å². The maximum absolute atomic E-state index is 5.53. The zero-order valence-electron chi connectivity index (χ0n) is 14.8. The first-order chi connectivity index (χ1) is 10.5.